The number of fused-ring (bicyclic) bond motifs is 5. The van der Waals surface area contributed by atoms with E-state index in [1.807, 2.05) is 30.3 Å². The van der Waals surface area contributed by atoms with Crippen molar-refractivity contribution in [2.45, 2.75) is 69.1 Å². The molecule has 45 heavy (non-hydrogen) atoms. The van der Waals surface area contributed by atoms with Gasteiger partial charge in [0.05, 0.1) is 31.0 Å². The average Bonchev–Trinajstić information content (AvgIpc) is 3.21. The minimum atomic E-state index is -3.52. The van der Waals surface area contributed by atoms with E-state index in [0.717, 1.165) is 66.0 Å². The molecule has 2 aromatic carbocycles. The van der Waals surface area contributed by atoms with Gasteiger partial charge in [0, 0.05) is 53.7 Å². The van der Waals surface area contributed by atoms with Crippen LogP contribution in [0, 0.1) is 0 Å². The Kier molecular flexibility index (Phi) is 8.41. The normalized spacial score (nSPS) is 19.0. The van der Waals surface area contributed by atoms with Gasteiger partial charge in [-0.25, -0.2) is 0 Å². The fraction of sp³-hybridized carbons (Fsp3) is 0.382. The quantitative estimate of drug-likeness (QED) is 0.186. The maximum absolute atomic E-state index is 13.4. The fourth-order valence-electron chi connectivity index (χ4n) is 6.97. The van der Waals surface area contributed by atoms with Crippen LogP contribution in [0.4, 0.5) is 0 Å². The van der Waals surface area contributed by atoms with Gasteiger partial charge in [-0.2, -0.15) is 4.55 Å². The third-order valence-electron chi connectivity index (χ3n) is 9.46. The van der Waals surface area contributed by atoms with E-state index < -0.39 is 27.5 Å². The molecule has 1 unspecified atom stereocenters. The first-order valence-corrected chi connectivity index (χ1v) is 17.0. The summed E-state index contributed by atoms with van der Waals surface area (Å²) >= 11 is 0. The molecule has 10 nitrogen and oxygen atoms in total. The van der Waals surface area contributed by atoms with Crippen LogP contribution in [0.15, 0.2) is 58.7 Å². The Balaban J connectivity index is 1.58. The molecule has 0 bridgehead atoms. The molecule has 236 valence electrons. The first kappa shape index (κ1) is 30.8. The predicted octanol–water partition coefficient (Wildman–Crippen LogP) is 4.59. The number of aliphatic imine (C=N–C) groups is 1. The molecule has 1 aromatic heterocycles. The van der Waals surface area contributed by atoms with Crippen LogP contribution in [0.1, 0.15) is 78.8 Å². The molecule has 11 heteroatoms. The summed E-state index contributed by atoms with van der Waals surface area (Å²) in [6, 6.07) is 11.3. The molecule has 0 radical (unpaired) electrons. The number of ether oxygens (including phenoxy) is 1. The monoisotopic (exact) mass is 630 g/mol. The van der Waals surface area contributed by atoms with E-state index in [0.29, 0.717) is 24.2 Å². The molecule has 1 aliphatic heterocycles. The third kappa shape index (κ3) is 5.59. The second-order valence-corrected chi connectivity index (χ2v) is 14.0. The maximum atomic E-state index is 13.4. The Morgan fingerprint density at radius 3 is 2.49 bits per heavy atom. The topological polar surface area (TPSA) is 159 Å². The number of nitrogens with two attached hydrogens (primary N) is 1. The first-order valence-electron chi connectivity index (χ1n) is 15.4. The number of amides is 1. The summed E-state index contributed by atoms with van der Waals surface area (Å²) in [4.78, 5) is 29.8. The van der Waals surface area contributed by atoms with Crippen molar-refractivity contribution < 1.29 is 28.2 Å². The summed E-state index contributed by atoms with van der Waals surface area (Å²) in [5, 5.41) is 12.7. The van der Waals surface area contributed by atoms with Gasteiger partial charge in [0.2, 0.25) is 0 Å². The van der Waals surface area contributed by atoms with Crippen LogP contribution in [0.2, 0.25) is 0 Å². The third-order valence-corrected chi connectivity index (χ3v) is 11.3. The molecule has 0 spiro atoms. The lowest BCUT2D eigenvalue weighted by Crippen LogP contribution is -2.46. The molecule has 6 rings (SSSR count). The van der Waals surface area contributed by atoms with Crippen molar-refractivity contribution in [3.8, 4) is 17.0 Å². The minimum absolute atomic E-state index is 0.189. The van der Waals surface area contributed by atoms with Crippen molar-refractivity contribution in [1.29, 1.82) is 0 Å². The van der Waals surface area contributed by atoms with Gasteiger partial charge in [0.15, 0.2) is 5.25 Å². The Labute approximate surface area is 263 Å². The zero-order valence-corrected chi connectivity index (χ0v) is 26.3. The smallest absolute Gasteiger partial charge is 0.316 e. The number of hydrogen-bond donors (Lipinski definition) is 3. The Hall–Kier alpha value is -4.22. The summed E-state index contributed by atoms with van der Waals surface area (Å²) in [7, 11) is -0.412. The minimum Gasteiger partial charge on any atom is -0.545 e. The Bertz CT molecular complexity index is 1830. The van der Waals surface area contributed by atoms with Gasteiger partial charge in [-0.3, -0.25) is 9.79 Å². The van der Waals surface area contributed by atoms with Crippen molar-refractivity contribution in [2.24, 2.45) is 10.7 Å². The number of nitrogens with zero attached hydrogens (tertiary/aromatic N) is 2. The lowest BCUT2D eigenvalue weighted by atomic mass is 9.81. The lowest BCUT2D eigenvalue weighted by Gasteiger charge is -2.24. The zero-order valence-electron chi connectivity index (χ0n) is 25.5. The second kappa shape index (κ2) is 12.3. The number of carboxylic acids is 1. The average molecular weight is 631 g/mol. The molecule has 1 atom stereocenters. The molecular weight excluding hydrogens is 592 g/mol. The maximum Gasteiger partial charge on any atom is 0.316 e. The molecule has 2 heterocycles. The number of nitrogens with one attached hydrogen (secondary N) is 1. The van der Waals surface area contributed by atoms with Gasteiger partial charge in [-0.1, -0.05) is 25.3 Å². The number of carboxylic acid groups (broad SMARTS) is 1. The molecule has 3 aromatic rings. The molecular formula is C34H38N4O6S. The van der Waals surface area contributed by atoms with Crippen LogP contribution < -0.4 is 20.3 Å². The first-order chi connectivity index (χ1) is 21.7. The number of rotatable bonds is 8. The van der Waals surface area contributed by atoms with Crippen LogP contribution in [0.3, 0.4) is 0 Å². The van der Waals surface area contributed by atoms with Crippen molar-refractivity contribution in [3.63, 3.8) is 0 Å². The summed E-state index contributed by atoms with van der Waals surface area (Å²) in [6.45, 7) is 0.233. The van der Waals surface area contributed by atoms with Crippen molar-refractivity contribution in [3.05, 3.63) is 70.4 Å². The van der Waals surface area contributed by atoms with E-state index in [1.165, 1.54) is 19.0 Å². The SMILES string of the molecule is CN=C(C1=Cc2cc(OC)ccc2-c2c(C3CCCCC3)c3ccc(C(=O)N[S+](=O)(O)C4CCC4)cc3n2C1)/C(=C\N)C(=O)[O-]. The highest BCUT2D eigenvalue weighted by atomic mass is 32.3. The highest BCUT2D eigenvalue weighted by Gasteiger charge is 2.44. The van der Waals surface area contributed by atoms with Gasteiger partial charge < -0.3 is 24.9 Å². The van der Waals surface area contributed by atoms with E-state index in [9.17, 15) is 23.5 Å². The molecule has 2 saturated carbocycles. The second-order valence-electron chi connectivity index (χ2n) is 12.0. The Morgan fingerprint density at radius 1 is 1.11 bits per heavy atom. The molecule has 2 fully saturated rings. The number of carbonyl (C=O) groups is 2. The van der Waals surface area contributed by atoms with Crippen LogP contribution in [0.5, 0.6) is 5.75 Å². The summed E-state index contributed by atoms with van der Waals surface area (Å²) in [5.41, 5.74) is 11.3. The predicted molar refractivity (Wildman–Crippen MR) is 174 cm³/mol. The van der Waals surface area contributed by atoms with Gasteiger partial charge in [0.25, 0.3) is 5.91 Å². The molecule has 2 aliphatic carbocycles. The number of aliphatic carboxylic acids is 1. The number of benzene rings is 2. The summed E-state index contributed by atoms with van der Waals surface area (Å²) in [5.74, 6) is -1.12. The standard InChI is InChI=1S/C34H38N4O6S/c1-36-31(28(18-35)34(40)41)23-15-22-16-24(44-2)12-14-26(22)32-30(20-7-4-3-5-8-20)27-13-11-21(17-29(27)38(32)19-23)33(39)37-45(42,43)25-9-6-10-25/h11-18,20,25H,3-10,19H2,1-2H3,(H4-,35,36,37,39,40,41,42,43). The van der Waals surface area contributed by atoms with E-state index in [-0.39, 0.29) is 29.3 Å². The van der Waals surface area contributed by atoms with Crippen molar-refractivity contribution >= 4 is 45.0 Å². The van der Waals surface area contributed by atoms with Crippen LogP contribution in [-0.4, -0.2) is 46.1 Å². The Morgan fingerprint density at radius 2 is 1.87 bits per heavy atom. The van der Waals surface area contributed by atoms with E-state index >= 15 is 0 Å². The van der Waals surface area contributed by atoms with Crippen LogP contribution in [-0.2, 0) is 25.9 Å². The van der Waals surface area contributed by atoms with Crippen LogP contribution >= 0.6 is 0 Å². The fourth-order valence-corrected chi connectivity index (χ4v) is 8.49. The summed E-state index contributed by atoms with van der Waals surface area (Å²) in [6.07, 6.45) is 10.5. The largest absolute Gasteiger partial charge is 0.545 e. The number of carbonyl (C=O) groups excluding carboxylic acids is 2. The number of aromatic nitrogens is 1. The van der Waals surface area contributed by atoms with Crippen LogP contribution in [0.25, 0.3) is 28.2 Å². The number of methoxy groups -OCH3 is 1. The van der Waals surface area contributed by atoms with E-state index in [4.69, 9.17) is 10.5 Å². The molecule has 3 aliphatic rings. The van der Waals surface area contributed by atoms with Crippen molar-refractivity contribution in [1.82, 2.24) is 9.29 Å². The van der Waals surface area contributed by atoms with Gasteiger partial charge in [0.1, 0.15) is 5.75 Å². The van der Waals surface area contributed by atoms with Gasteiger partial charge >= 0.3 is 10.4 Å². The molecule has 1 amide bonds. The van der Waals surface area contributed by atoms with Crippen molar-refractivity contribution in [2.75, 3.05) is 14.2 Å². The number of allylic oxidation sites excluding steroid dienone is 1. The molecule has 0 saturated heterocycles. The lowest BCUT2D eigenvalue weighted by molar-refractivity contribution is -0.298. The highest BCUT2D eigenvalue weighted by Crippen LogP contribution is 2.47. The van der Waals surface area contributed by atoms with Gasteiger partial charge in [-0.05, 0) is 82.5 Å². The van der Waals surface area contributed by atoms with E-state index in [2.05, 4.69) is 14.3 Å². The number of hydrogen-bond acceptors (Lipinski definition) is 7. The highest BCUT2D eigenvalue weighted by molar-refractivity contribution is 7.97. The molecule has 4 N–H and O–H groups in total. The summed E-state index contributed by atoms with van der Waals surface area (Å²) < 4.78 is 33.6. The zero-order chi connectivity index (χ0) is 31.9. The van der Waals surface area contributed by atoms with Gasteiger partial charge in [-0.15, -0.1) is 4.72 Å². The van der Waals surface area contributed by atoms with E-state index in [1.54, 1.807) is 19.2 Å².